The molecule has 0 radical (unpaired) electrons. The molecule has 1 heterocycles. The number of aryl methyl sites for hydroxylation is 1. The lowest BCUT2D eigenvalue weighted by Gasteiger charge is -2.34. The maximum Gasteiger partial charge on any atom is 0.460 e. The molecular formula is C23H15F9O3S2. The van der Waals surface area contributed by atoms with Crippen LogP contribution in [0, 0.1) is 6.92 Å². The molecule has 0 saturated heterocycles. The van der Waals surface area contributed by atoms with E-state index in [0.717, 1.165) is 0 Å². The first-order valence-corrected chi connectivity index (χ1v) is 12.6. The summed E-state index contributed by atoms with van der Waals surface area (Å²) >= 11 is 0. The van der Waals surface area contributed by atoms with Gasteiger partial charge in [-0.25, -0.2) is 8.42 Å². The second-order valence-corrected chi connectivity index (χ2v) is 11.1. The largest absolute Gasteiger partial charge is 0.743 e. The van der Waals surface area contributed by atoms with Crippen molar-refractivity contribution in [2.24, 2.45) is 0 Å². The standard InChI is InChI=1S/C19H15S.C4HF9O3S/c1-14-10-12-15(13-11-14)20-18-8-4-2-6-16(18)17-7-3-5-9-19(17)20;5-1(6,3(9,10)11)2(7,8)4(12,13)17(14,15)16/h2-13H,1H3;(H,14,15,16)/q+1;/p-1. The molecule has 0 saturated carbocycles. The second-order valence-electron chi connectivity index (χ2n) is 7.73. The van der Waals surface area contributed by atoms with Gasteiger partial charge in [-0.3, -0.25) is 0 Å². The zero-order valence-electron chi connectivity index (χ0n) is 18.4. The number of thiophene rings is 1. The van der Waals surface area contributed by atoms with Gasteiger partial charge in [0.1, 0.15) is 0 Å². The minimum atomic E-state index is -7.43. The lowest BCUT2D eigenvalue weighted by Crippen LogP contribution is -2.63. The number of rotatable bonds is 4. The van der Waals surface area contributed by atoms with E-state index in [4.69, 9.17) is 0 Å². The molecule has 0 N–H and O–H groups in total. The van der Waals surface area contributed by atoms with Gasteiger partial charge in [-0.2, -0.15) is 39.5 Å². The van der Waals surface area contributed by atoms with Gasteiger partial charge < -0.3 is 4.55 Å². The molecule has 37 heavy (non-hydrogen) atoms. The second kappa shape index (κ2) is 9.48. The summed E-state index contributed by atoms with van der Waals surface area (Å²) in [6.07, 6.45) is -7.16. The summed E-state index contributed by atoms with van der Waals surface area (Å²) in [6, 6.07) is 26.6. The summed E-state index contributed by atoms with van der Waals surface area (Å²) in [6.45, 7) is 2.14. The minimum Gasteiger partial charge on any atom is -0.743 e. The van der Waals surface area contributed by atoms with Gasteiger partial charge in [-0.1, -0.05) is 42.0 Å². The Morgan fingerprint density at radius 2 is 1.05 bits per heavy atom. The van der Waals surface area contributed by atoms with E-state index < -0.39 is 33.4 Å². The molecule has 0 aliphatic heterocycles. The summed E-state index contributed by atoms with van der Waals surface area (Å²) in [5.41, 5.74) is 1.32. The number of fused-ring (bicyclic) bond motifs is 3. The summed E-state index contributed by atoms with van der Waals surface area (Å²) in [7, 11) is -7.37. The summed E-state index contributed by atoms with van der Waals surface area (Å²) in [5.74, 6) is -14.8. The molecule has 0 aliphatic rings. The van der Waals surface area contributed by atoms with Gasteiger partial charge in [0.05, 0.1) is 0 Å². The van der Waals surface area contributed by atoms with Crippen molar-refractivity contribution in [2.75, 3.05) is 0 Å². The molecule has 4 rings (SSSR count). The number of benzene rings is 3. The molecule has 0 bridgehead atoms. The fraction of sp³-hybridized carbons (Fsp3) is 0.217. The van der Waals surface area contributed by atoms with E-state index in [1.807, 2.05) is 0 Å². The number of halogens is 9. The van der Waals surface area contributed by atoms with Crippen molar-refractivity contribution in [3.63, 3.8) is 0 Å². The highest BCUT2D eigenvalue weighted by molar-refractivity contribution is 7.86. The molecule has 0 unspecified atom stereocenters. The highest BCUT2D eigenvalue weighted by Gasteiger charge is 2.83. The van der Waals surface area contributed by atoms with Crippen LogP contribution in [0.25, 0.3) is 25.1 Å². The van der Waals surface area contributed by atoms with Crippen LogP contribution in [0.3, 0.4) is 0 Å². The first-order chi connectivity index (χ1) is 16.8. The molecule has 0 amide bonds. The van der Waals surface area contributed by atoms with Crippen LogP contribution in [0.15, 0.2) is 72.8 Å². The third kappa shape index (κ3) is 4.89. The van der Waals surface area contributed by atoms with E-state index in [0.29, 0.717) is 0 Å². The predicted molar refractivity (Wildman–Crippen MR) is 121 cm³/mol. The lowest BCUT2D eigenvalue weighted by atomic mass is 10.1. The van der Waals surface area contributed by atoms with Crippen LogP contribution >= 0.6 is 10.5 Å². The Morgan fingerprint density at radius 1 is 0.649 bits per heavy atom. The van der Waals surface area contributed by atoms with Gasteiger partial charge in [-0.05, 0) is 43.3 Å². The van der Waals surface area contributed by atoms with Gasteiger partial charge in [0, 0.05) is 21.2 Å². The van der Waals surface area contributed by atoms with Crippen LogP contribution < -0.4 is 0 Å². The Balaban J connectivity index is 0.000000210. The van der Waals surface area contributed by atoms with Crippen LogP contribution in [-0.4, -0.2) is 36.2 Å². The Labute approximate surface area is 206 Å². The van der Waals surface area contributed by atoms with Crippen molar-refractivity contribution in [3.8, 4) is 4.90 Å². The first kappa shape index (κ1) is 28.7. The van der Waals surface area contributed by atoms with Gasteiger partial charge in [0.25, 0.3) is 0 Å². The maximum absolute atomic E-state index is 12.2. The average molecular weight is 574 g/mol. The predicted octanol–water partition coefficient (Wildman–Crippen LogP) is 8.00. The summed E-state index contributed by atoms with van der Waals surface area (Å²) < 4.78 is 138. The third-order valence-corrected chi connectivity index (χ3v) is 8.41. The maximum atomic E-state index is 12.2. The molecule has 0 aliphatic carbocycles. The average Bonchev–Trinajstić information content (AvgIpc) is 3.13. The van der Waals surface area contributed by atoms with Crippen molar-refractivity contribution < 1.29 is 52.5 Å². The fourth-order valence-corrected chi connectivity index (χ4v) is 6.12. The summed E-state index contributed by atoms with van der Waals surface area (Å²) in [4.78, 5) is 1.41. The van der Waals surface area contributed by atoms with Crippen LogP contribution in [0.2, 0.25) is 0 Å². The number of alkyl halides is 9. The molecule has 0 spiro atoms. The lowest BCUT2D eigenvalue weighted by molar-refractivity contribution is -0.382. The minimum absolute atomic E-state index is 0.0512. The smallest absolute Gasteiger partial charge is 0.460 e. The topological polar surface area (TPSA) is 57.2 Å². The molecule has 1 aromatic heterocycles. The number of hydrogen-bond donors (Lipinski definition) is 0. The molecule has 200 valence electrons. The number of hydrogen-bond acceptors (Lipinski definition) is 3. The molecule has 3 aromatic carbocycles. The van der Waals surface area contributed by atoms with E-state index in [2.05, 4.69) is 79.7 Å². The molecule has 4 aromatic rings. The van der Waals surface area contributed by atoms with Crippen LogP contribution in [0.1, 0.15) is 5.56 Å². The van der Waals surface area contributed by atoms with Crippen LogP contribution in [-0.2, 0) is 10.1 Å². The molecule has 14 heteroatoms. The van der Waals surface area contributed by atoms with Crippen molar-refractivity contribution in [2.45, 2.75) is 30.2 Å². The van der Waals surface area contributed by atoms with Crippen molar-refractivity contribution in [1.29, 1.82) is 0 Å². The zero-order chi connectivity index (χ0) is 28.0. The first-order valence-electron chi connectivity index (χ1n) is 9.99. The fourth-order valence-electron chi connectivity index (χ4n) is 3.30. The monoisotopic (exact) mass is 574 g/mol. The summed E-state index contributed by atoms with van der Waals surface area (Å²) in [5, 5.41) is -4.32. The molecule has 3 nitrogen and oxygen atoms in total. The quantitative estimate of drug-likeness (QED) is 0.141. The molecule has 0 fully saturated rings. The van der Waals surface area contributed by atoms with Crippen molar-refractivity contribution in [1.82, 2.24) is 0 Å². The highest BCUT2D eigenvalue weighted by Crippen LogP contribution is 2.54. The molecular weight excluding hydrogens is 559 g/mol. The third-order valence-electron chi connectivity index (χ3n) is 5.19. The Hall–Kier alpha value is -2.84. The van der Waals surface area contributed by atoms with E-state index in [9.17, 15) is 52.5 Å². The van der Waals surface area contributed by atoms with Crippen LogP contribution in [0.4, 0.5) is 39.5 Å². The van der Waals surface area contributed by atoms with E-state index in [1.54, 1.807) is 0 Å². The van der Waals surface area contributed by atoms with E-state index >= 15 is 0 Å². The van der Waals surface area contributed by atoms with E-state index in [1.165, 1.54) is 30.6 Å². The Bertz CT molecular complexity index is 1470. The SMILES string of the molecule is Cc1ccc(-[s+]2c3ccccc3c3ccccc32)cc1.O=S(=O)([O-])C(F)(F)C(F)(F)C(F)(F)C(F)(F)F. The highest BCUT2D eigenvalue weighted by atomic mass is 32.2. The van der Waals surface area contributed by atoms with Gasteiger partial charge in [0.15, 0.2) is 24.4 Å². The van der Waals surface area contributed by atoms with Crippen molar-refractivity contribution >= 4 is 40.8 Å². The van der Waals surface area contributed by atoms with Crippen LogP contribution in [0.5, 0.6) is 0 Å². The normalized spacial score (nSPS) is 13.5. The van der Waals surface area contributed by atoms with Gasteiger partial charge in [-0.15, -0.1) is 0 Å². The molecule has 0 atom stereocenters. The Kier molecular flexibility index (Phi) is 7.36. The van der Waals surface area contributed by atoms with Gasteiger partial charge in [0.2, 0.25) is 0 Å². The van der Waals surface area contributed by atoms with E-state index in [-0.39, 0.29) is 10.5 Å². The zero-order valence-corrected chi connectivity index (χ0v) is 20.0. The Morgan fingerprint density at radius 3 is 1.43 bits per heavy atom. The van der Waals surface area contributed by atoms with Crippen molar-refractivity contribution in [3.05, 3.63) is 78.4 Å². The van der Waals surface area contributed by atoms with Gasteiger partial charge >= 0.3 is 23.3 Å².